The summed E-state index contributed by atoms with van der Waals surface area (Å²) in [6, 6.07) is 6.10. The van der Waals surface area contributed by atoms with E-state index in [1.165, 1.54) is 12.1 Å². The summed E-state index contributed by atoms with van der Waals surface area (Å²) in [5.74, 6) is 0.432. The summed E-state index contributed by atoms with van der Waals surface area (Å²) in [4.78, 5) is 24.2. The second kappa shape index (κ2) is 4.74. The van der Waals surface area contributed by atoms with Gasteiger partial charge in [0.25, 0.3) is 5.69 Å². The number of non-ortho nitro benzene ring substituents is 1. The highest BCUT2D eigenvalue weighted by atomic mass is 35.5. The number of rotatable bonds is 3. The van der Waals surface area contributed by atoms with Crippen LogP contribution in [0.15, 0.2) is 30.6 Å². The van der Waals surface area contributed by atoms with Gasteiger partial charge >= 0.3 is 10.9 Å². The standard InChI is InChI=1S/C11H7ClN6O2/c12-11-16-9-8(13-5-14-9)10(17-11)15-6-2-1-3-7(4-6)18(19)20/h1-5H,(H2,13,14,15,16,17)/p+1. The van der Waals surface area contributed by atoms with E-state index in [0.29, 0.717) is 22.7 Å². The van der Waals surface area contributed by atoms with E-state index in [1.54, 1.807) is 18.5 Å². The fraction of sp³-hybridized carbons (Fsp3) is 0. The number of aromatic nitrogens is 4. The third-order valence-electron chi connectivity index (χ3n) is 2.63. The number of hydrogen-bond acceptors (Lipinski definition) is 5. The molecule has 0 aliphatic heterocycles. The first-order chi connectivity index (χ1) is 9.63. The van der Waals surface area contributed by atoms with Crippen LogP contribution in [0.4, 0.5) is 17.2 Å². The first-order valence-electron chi connectivity index (χ1n) is 5.57. The van der Waals surface area contributed by atoms with Crippen LogP contribution in [0.3, 0.4) is 0 Å². The van der Waals surface area contributed by atoms with Crippen molar-refractivity contribution >= 4 is 40.0 Å². The Bertz CT molecular complexity index is 802. The Labute approximate surface area is 117 Å². The molecule has 0 amide bonds. The van der Waals surface area contributed by atoms with Gasteiger partial charge in [-0.2, -0.15) is 4.98 Å². The summed E-state index contributed by atoms with van der Waals surface area (Å²) < 4.78 is 0. The molecule has 0 radical (unpaired) electrons. The molecule has 0 atom stereocenters. The molecular formula is C11H8ClN6O2+. The summed E-state index contributed by atoms with van der Waals surface area (Å²) in [6.07, 6.45) is 1.59. The Kier molecular flexibility index (Phi) is 2.92. The van der Waals surface area contributed by atoms with Crippen molar-refractivity contribution < 1.29 is 9.91 Å². The molecule has 0 saturated carbocycles. The SMILES string of the molecule is O=[N+]([O-])c1cccc(Nc2nc(Cl)nc3[nH+]c[nH]c23)c1. The van der Waals surface area contributed by atoms with E-state index in [-0.39, 0.29) is 11.0 Å². The van der Waals surface area contributed by atoms with Crippen molar-refractivity contribution in [3.05, 3.63) is 46.0 Å². The number of nitrogens with zero attached hydrogens (tertiary/aromatic N) is 3. The number of hydrogen-bond donors (Lipinski definition) is 2. The van der Waals surface area contributed by atoms with Crippen LogP contribution >= 0.6 is 11.6 Å². The van der Waals surface area contributed by atoms with Crippen LogP contribution in [-0.4, -0.2) is 19.9 Å². The first kappa shape index (κ1) is 12.3. The lowest BCUT2D eigenvalue weighted by Crippen LogP contribution is -2.02. The highest BCUT2D eigenvalue weighted by molar-refractivity contribution is 6.28. The van der Waals surface area contributed by atoms with Crippen molar-refractivity contribution in [1.29, 1.82) is 0 Å². The van der Waals surface area contributed by atoms with Gasteiger partial charge in [-0.25, -0.2) is 4.98 Å². The lowest BCUT2D eigenvalue weighted by molar-refractivity contribution is -0.384. The van der Waals surface area contributed by atoms with Crippen LogP contribution in [-0.2, 0) is 0 Å². The molecule has 9 heteroatoms. The Morgan fingerprint density at radius 3 is 3.05 bits per heavy atom. The summed E-state index contributed by atoms with van der Waals surface area (Å²) >= 11 is 5.82. The minimum Gasteiger partial charge on any atom is -0.337 e. The van der Waals surface area contributed by atoms with Crippen molar-refractivity contribution in [3.63, 3.8) is 0 Å². The number of nitro benzene ring substituents is 1. The van der Waals surface area contributed by atoms with Crippen LogP contribution < -0.4 is 10.3 Å². The minimum absolute atomic E-state index is 0.00977. The molecule has 0 saturated heterocycles. The maximum Gasteiger partial charge on any atom is 0.306 e. The molecule has 2 heterocycles. The molecule has 20 heavy (non-hydrogen) atoms. The van der Waals surface area contributed by atoms with E-state index >= 15 is 0 Å². The molecule has 0 fully saturated rings. The van der Waals surface area contributed by atoms with Crippen LogP contribution in [0.5, 0.6) is 0 Å². The predicted octanol–water partition coefficient (Wildman–Crippen LogP) is 2.08. The molecule has 0 unspecified atom stereocenters. The van der Waals surface area contributed by atoms with Crippen molar-refractivity contribution in [3.8, 4) is 0 Å². The number of benzene rings is 1. The number of aromatic amines is 2. The average Bonchev–Trinajstić information content (AvgIpc) is 2.87. The maximum absolute atomic E-state index is 10.8. The third-order valence-corrected chi connectivity index (χ3v) is 2.80. The fourth-order valence-electron chi connectivity index (χ4n) is 1.78. The highest BCUT2D eigenvalue weighted by Gasteiger charge is 2.15. The summed E-state index contributed by atoms with van der Waals surface area (Å²) in [5, 5.41) is 13.8. The molecule has 0 aliphatic rings. The number of H-pyrrole nitrogens is 2. The molecular weight excluding hydrogens is 284 g/mol. The van der Waals surface area contributed by atoms with E-state index in [0.717, 1.165) is 0 Å². The van der Waals surface area contributed by atoms with E-state index in [9.17, 15) is 10.1 Å². The zero-order valence-corrected chi connectivity index (χ0v) is 10.7. The van der Waals surface area contributed by atoms with Gasteiger partial charge in [0, 0.05) is 17.8 Å². The van der Waals surface area contributed by atoms with Gasteiger partial charge in [-0.15, -0.1) is 0 Å². The number of fused-ring (bicyclic) bond motifs is 1. The molecule has 3 rings (SSSR count). The second-order valence-electron chi connectivity index (χ2n) is 3.93. The molecule has 0 aliphatic carbocycles. The minimum atomic E-state index is -0.462. The summed E-state index contributed by atoms with van der Waals surface area (Å²) in [7, 11) is 0. The molecule has 1 aromatic carbocycles. The predicted molar refractivity (Wildman–Crippen MR) is 71.8 cm³/mol. The Hall–Kier alpha value is -2.74. The van der Waals surface area contributed by atoms with E-state index in [1.807, 2.05) is 0 Å². The fourth-order valence-corrected chi connectivity index (χ4v) is 1.94. The van der Waals surface area contributed by atoms with Crippen LogP contribution in [0, 0.1) is 10.1 Å². The van der Waals surface area contributed by atoms with Gasteiger partial charge in [-0.05, 0) is 17.7 Å². The lowest BCUT2D eigenvalue weighted by Gasteiger charge is -2.04. The van der Waals surface area contributed by atoms with Crippen LogP contribution in [0.2, 0.25) is 5.28 Å². The zero-order valence-electron chi connectivity index (χ0n) is 9.92. The van der Waals surface area contributed by atoms with Crippen LogP contribution in [0.1, 0.15) is 0 Å². The van der Waals surface area contributed by atoms with E-state index in [4.69, 9.17) is 11.6 Å². The van der Waals surface area contributed by atoms with Crippen molar-refractivity contribution in [1.82, 2.24) is 15.0 Å². The third kappa shape index (κ3) is 2.24. The van der Waals surface area contributed by atoms with Gasteiger partial charge in [-0.3, -0.25) is 15.1 Å². The highest BCUT2D eigenvalue weighted by Crippen LogP contribution is 2.24. The van der Waals surface area contributed by atoms with Crippen LogP contribution in [0.25, 0.3) is 11.2 Å². The van der Waals surface area contributed by atoms with Crippen molar-refractivity contribution in [2.45, 2.75) is 0 Å². The number of nitro groups is 1. The number of anilines is 2. The van der Waals surface area contributed by atoms with Gasteiger partial charge in [0.1, 0.15) is 0 Å². The van der Waals surface area contributed by atoms with Gasteiger partial charge in [-0.1, -0.05) is 11.1 Å². The Balaban J connectivity index is 2.02. The van der Waals surface area contributed by atoms with E-state index in [2.05, 4.69) is 25.3 Å². The largest absolute Gasteiger partial charge is 0.337 e. The Morgan fingerprint density at radius 1 is 1.40 bits per heavy atom. The average molecular weight is 292 g/mol. The molecule has 100 valence electrons. The molecule has 8 nitrogen and oxygen atoms in total. The molecule has 0 spiro atoms. The smallest absolute Gasteiger partial charge is 0.306 e. The topological polar surface area (TPSA) is 111 Å². The quantitative estimate of drug-likeness (QED) is 0.436. The molecule has 3 aromatic rings. The van der Waals surface area contributed by atoms with E-state index < -0.39 is 4.92 Å². The van der Waals surface area contributed by atoms with Gasteiger partial charge in [0.2, 0.25) is 5.52 Å². The number of imidazole rings is 1. The second-order valence-corrected chi connectivity index (χ2v) is 4.27. The number of halogens is 1. The van der Waals surface area contributed by atoms with Gasteiger partial charge < -0.3 is 5.32 Å². The van der Waals surface area contributed by atoms with Gasteiger partial charge in [0.15, 0.2) is 12.1 Å². The van der Waals surface area contributed by atoms with Crippen molar-refractivity contribution in [2.24, 2.45) is 0 Å². The first-order valence-corrected chi connectivity index (χ1v) is 5.95. The Morgan fingerprint density at radius 2 is 2.25 bits per heavy atom. The van der Waals surface area contributed by atoms with Gasteiger partial charge in [0.05, 0.1) is 4.92 Å². The lowest BCUT2D eigenvalue weighted by atomic mass is 10.3. The monoisotopic (exact) mass is 291 g/mol. The molecule has 0 bridgehead atoms. The number of nitrogens with one attached hydrogen (secondary N) is 3. The normalized spacial score (nSPS) is 10.7. The van der Waals surface area contributed by atoms with Crippen molar-refractivity contribution in [2.75, 3.05) is 5.32 Å². The zero-order chi connectivity index (χ0) is 14.1. The summed E-state index contributed by atoms with van der Waals surface area (Å²) in [6.45, 7) is 0. The summed E-state index contributed by atoms with van der Waals surface area (Å²) in [5.41, 5.74) is 1.69. The molecule has 2 aromatic heterocycles. The molecule has 3 N–H and O–H groups in total. The maximum atomic E-state index is 10.8.